The summed E-state index contributed by atoms with van der Waals surface area (Å²) in [6.45, 7) is 2.70. The number of likely N-dealkylation sites (N-methyl/N-ethyl adjacent to an activating group) is 1. The molecule has 2 bridgehead atoms. The van der Waals surface area contributed by atoms with Gasteiger partial charge in [-0.05, 0) is 26.3 Å². The van der Waals surface area contributed by atoms with Crippen LogP contribution in [0.4, 0.5) is 0 Å². The summed E-state index contributed by atoms with van der Waals surface area (Å²) in [4.78, 5) is 5.29. The quantitative estimate of drug-likeness (QED) is 0.541. The Morgan fingerprint density at radius 3 is 2.27 bits per heavy atom. The zero-order valence-electron chi connectivity index (χ0n) is 7.16. The first-order chi connectivity index (χ1) is 5.34. The highest BCUT2D eigenvalue weighted by atomic mass is 15.4. The second kappa shape index (κ2) is 1.99. The van der Waals surface area contributed by atoms with Gasteiger partial charge in [0.05, 0.1) is 0 Å². The van der Waals surface area contributed by atoms with Crippen LogP contribution in [0.25, 0.3) is 0 Å². The first-order valence-electron chi connectivity index (χ1n) is 4.80. The molecule has 62 valence electrons. The van der Waals surface area contributed by atoms with Crippen LogP contribution in [0.2, 0.25) is 0 Å². The minimum Gasteiger partial charge on any atom is -0.301 e. The van der Waals surface area contributed by atoms with Crippen molar-refractivity contribution in [1.82, 2.24) is 9.80 Å². The summed E-state index contributed by atoms with van der Waals surface area (Å²) in [6.07, 6.45) is 4.41. The summed E-state index contributed by atoms with van der Waals surface area (Å²) < 4.78 is 0. The van der Waals surface area contributed by atoms with E-state index in [1.807, 2.05) is 0 Å². The maximum atomic E-state index is 2.75. The van der Waals surface area contributed by atoms with Gasteiger partial charge in [0.1, 0.15) is 0 Å². The second-order valence-electron chi connectivity index (χ2n) is 4.41. The molecule has 1 saturated carbocycles. The van der Waals surface area contributed by atoms with Gasteiger partial charge in [0.15, 0.2) is 0 Å². The molecule has 0 aromatic rings. The summed E-state index contributed by atoms with van der Waals surface area (Å²) in [6, 6.07) is 2.83. The molecule has 2 heterocycles. The van der Waals surface area contributed by atoms with Crippen molar-refractivity contribution in [3.8, 4) is 0 Å². The first kappa shape index (κ1) is 6.44. The van der Waals surface area contributed by atoms with Crippen molar-refractivity contribution in [3.05, 3.63) is 0 Å². The Hall–Kier alpha value is -0.0800. The Labute approximate surface area is 68.2 Å². The van der Waals surface area contributed by atoms with Crippen LogP contribution in [-0.4, -0.2) is 48.1 Å². The molecule has 0 N–H and O–H groups in total. The monoisotopic (exact) mass is 152 g/mol. The molecule has 0 amide bonds. The van der Waals surface area contributed by atoms with Gasteiger partial charge in [0.2, 0.25) is 0 Å². The number of rotatable bonds is 1. The molecule has 0 aromatic carbocycles. The van der Waals surface area contributed by atoms with Gasteiger partial charge < -0.3 is 4.90 Å². The van der Waals surface area contributed by atoms with E-state index < -0.39 is 0 Å². The molecule has 2 aliphatic heterocycles. The van der Waals surface area contributed by atoms with Crippen molar-refractivity contribution < 1.29 is 0 Å². The summed E-state index contributed by atoms with van der Waals surface area (Å²) in [5.74, 6) is 0. The number of hydrogen-bond acceptors (Lipinski definition) is 2. The van der Waals surface area contributed by atoms with E-state index in [4.69, 9.17) is 0 Å². The van der Waals surface area contributed by atoms with Gasteiger partial charge in [-0.2, -0.15) is 0 Å². The minimum absolute atomic E-state index is 0.903. The molecule has 2 nitrogen and oxygen atoms in total. The van der Waals surface area contributed by atoms with Crippen LogP contribution in [0.15, 0.2) is 0 Å². The summed E-state index contributed by atoms with van der Waals surface area (Å²) in [7, 11) is 2.27. The number of hydrogen-bond donors (Lipinski definition) is 0. The topological polar surface area (TPSA) is 6.48 Å². The third-order valence-corrected chi connectivity index (χ3v) is 3.57. The average molecular weight is 152 g/mol. The van der Waals surface area contributed by atoms with Crippen LogP contribution >= 0.6 is 0 Å². The van der Waals surface area contributed by atoms with Gasteiger partial charge in [0, 0.05) is 31.2 Å². The molecule has 2 saturated heterocycles. The molecule has 0 spiro atoms. The van der Waals surface area contributed by atoms with Gasteiger partial charge in [0.25, 0.3) is 0 Å². The van der Waals surface area contributed by atoms with Crippen LogP contribution in [0, 0.1) is 0 Å². The van der Waals surface area contributed by atoms with E-state index in [1.54, 1.807) is 0 Å². The normalized spacial score (nSPS) is 45.5. The highest BCUT2D eigenvalue weighted by molar-refractivity contribution is 5.03. The highest BCUT2D eigenvalue weighted by Crippen LogP contribution is 2.38. The van der Waals surface area contributed by atoms with Gasteiger partial charge in [-0.25, -0.2) is 0 Å². The third-order valence-electron chi connectivity index (χ3n) is 3.57. The predicted molar refractivity (Wildman–Crippen MR) is 44.6 cm³/mol. The number of nitrogens with zero attached hydrogens (tertiary/aromatic N) is 2. The molecular weight excluding hydrogens is 136 g/mol. The lowest BCUT2D eigenvalue weighted by molar-refractivity contribution is 0.143. The van der Waals surface area contributed by atoms with E-state index in [0.29, 0.717) is 0 Å². The zero-order valence-corrected chi connectivity index (χ0v) is 7.16. The fourth-order valence-corrected chi connectivity index (χ4v) is 2.75. The molecule has 3 aliphatic rings. The maximum Gasteiger partial charge on any atom is 0.0242 e. The smallest absolute Gasteiger partial charge is 0.0242 e. The minimum atomic E-state index is 0.903. The molecular formula is C9H16N2. The Morgan fingerprint density at radius 2 is 1.82 bits per heavy atom. The summed E-state index contributed by atoms with van der Waals surface area (Å²) >= 11 is 0. The average Bonchev–Trinajstić information content (AvgIpc) is 2.67. The molecule has 0 radical (unpaired) electrons. The zero-order chi connectivity index (χ0) is 7.42. The molecule has 11 heavy (non-hydrogen) atoms. The van der Waals surface area contributed by atoms with E-state index >= 15 is 0 Å². The Bertz CT molecular complexity index is 174. The Morgan fingerprint density at radius 1 is 1.00 bits per heavy atom. The SMILES string of the molecule is CN1C[C@@H]2C[C@H]1CN2C1CC1. The molecule has 2 heteroatoms. The lowest BCUT2D eigenvalue weighted by atomic mass is 10.2. The summed E-state index contributed by atoms with van der Waals surface area (Å²) in [5.41, 5.74) is 0. The lowest BCUT2D eigenvalue weighted by Crippen LogP contribution is -2.45. The number of likely N-dealkylation sites (tertiary alicyclic amines) is 2. The first-order valence-corrected chi connectivity index (χ1v) is 4.80. The van der Waals surface area contributed by atoms with Gasteiger partial charge in [-0.1, -0.05) is 0 Å². The van der Waals surface area contributed by atoms with E-state index in [-0.39, 0.29) is 0 Å². The Kier molecular flexibility index (Phi) is 1.16. The fourth-order valence-electron chi connectivity index (χ4n) is 2.75. The van der Waals surface area contributed by atoms with Crippen LogP contribution in [0.1, 0.15) is 19.3 Å². The van der Waals surface area contributed by atoms with Crippen molar-refractivity contribution in [2.24, 2.45) is 0 Å². The molecule has 3 rings (SSSR count). The maximum absolute atomic E-state index is 2.75. The van der Waals surface area contributed by atoms with E-state index in [9.17, 15) is 0 Å². The standard InChI is InChI=1S/C9H16N2/c1-10-5-9-4-8(10)6-11(9)7-2-3-7/h7-9H,2-6H2,1H3/t8-,9-/m0/s1. The molecule has 1 aliphatic carbocycles. The molecule has 2 atom stereocenters. The van der Waals surface area contributed by atoms with Crippen LogP contribution in [0.3, 0.4) is 0 Å². The number of fused-ring (bicyclic) bond motifs is 2. The predicted octanol–water partition coefficient (Wildman–Crippen LogP) is 0.537. The Balaban J connectivity index is 1.75. The van der Waals surface area contributed by atoms with E-state index in [2.05, 4.69) is 16.8 Å². The summed E-state index contributed by atoms with van der Waals surface area (Å²) in [5, 5.41) is 0. The largest absolute Gasteiger partial charge is 0.301 e. The molecule has 0 unspecified atom stereocenters. The van der Waals surface area contributed by atoms with Crippen molar-refractivity contribution in [1.29, 1.82) is 0 Å². The van der Waals surface area contributed by atoms with Crippen molar-refractivity contribution in [3.63, 3.8) is 0 Å². The lowest BCUT2D eigenvalue weighted by Gasteiger charge is -2.31. The van der Waals surface area contributed by atoms with Crippen molar-refractivity contribution in [2.45, 2.75) is 37.4 Å². The highest BCUT2D eigenvalue weighted by Gasteiger charge is 2.46. The second-order valence-corrected chi connectivity index (χ2v) is 4.41. The van der Waals surface area contributed by atoms with E-state index in [1.165, 1.54) is 32.4 Å². The molecule has 3 fully saturated rings. The van der Waals surface area contributed by atoms with E-state index in [0.717, 1.165) is 18.1 Å². The van der Waals surface area contributed by atoms with Crippen LogP contribution in [-0.2, 0) is 0 Å². The van der Waals surface area contributed by atoms with Gasteiger partial charge in [-0.15, -0.1) is 0 Å². The van der Waals surface area contributed by atoms with Crippen molar-refractivity contribution in [2.75, 3.05) is 20.1 Å². The number of piperazine rings is 1. The third kappa shape index (κ3) is 0.859. The van der Waals surface area contributed by atoms with Crippen LogP contribution in [0.5, 0.6) is 0 Å². The molecule has 0 aromatic heterocycles. The van der Waals surface area contributed by atoms with Crippen molar-refractivity contribution >= 4 is 0 Å². The fraction of sp³-hybridized carbons (Fsp3) is 1.00. The van der Waals surface area contributed by atoms with Crippen LogP contribution < -0.4 is 0 Å². The van der Waals surface area contributed by atoms with Gasteiger partial charge in [-0.3, -0.25) is 4.90 Å². The van der Waals surface area contributed by atoms with Gasteiger partial charge >= 0.3 is 0 Å².